The summed E-state index contributed by atoms with van der Waals surface area (Å²) < 4.78 is 11.1. The number of nitrogens with one attached hydrogen (secondary N) is 1. The minimum atomic E-state index is -0.570. The summed E-state index contributed by atoms with van der Waals surface area (Å²) in [6.45, 7) is 5.46. The highest BCUT2D eigenvalue weighted by Gasteiger charge is 2.24. The van der Waals surface area contributed by atoms with Crippen molar-refractivity contribution in [1.29, 1.82) is 0 Å². The highest BCUT2D eigenvalue weighted by atomic mass is 35.5. The maximum atomic E-state index is 12.1. The highest BCUT2D eigenvalue weighted by molar-refractivity contribution is 7.98. The predicted molar refractivity (Wildman–Crippen MR) is 110 cm³/mol. The molecule has 0 fully saturated rings. The molecular formula is C18H24ClN3O3S2. The van der Waals surface area contributed by atoms with Crippen molar-refractivity contribution in [2.45, 2.75) is 49.8 Å². The van der Waals surface area contributed by atoms with Crippen LogP contribution in [0.3, 0.4) is 0 Å². The van der Waals surface area contributed by atoms with Crippen molar-refractivity contribution >= 4 is 41.2 Å². The fourth-order valence-electron chi connectivity index (χ4n) is 2.12. The molecule has 6 nitrogen and oxygen atoms in total. The summed E-state index contributed by atoms with van der Waals surface area (Å²) in [7, 11) is 0. The van der Waals surface area contributed by atoms with Crippen molar-refractivity contribution in [3.05, 3.63) is 40.7 Å². The van der Waals surface area contributed by atoms with Crippen LogP contribution in [0.4, 0.5) is 4.79 Å². The molecule has 1 aromatic heterocycles. The molecule has 0 unspecified atom stereocenters. The topological polar surface area (TPSA) is 77.2 Å². The highest BCUT2D eigenvalue weighted by Crippen LogP contribution is 2.27. The normalized spacial score (nSPS) is 12.6. The molecule has 1 atom stereocenters. The average Bonchev–Trinajstić information content (AvgIpc) is 3.05. The number of hydrogen-bond acceptors (Lipinski definition) is 7. The van der Waals surface area contributed by atoms with Crippen LogP contribution in [0.1, 0.15) is 44.7 Å². The number of nitrogens with zero attached hydrogens (tertiary/aromatic N) is 2. The molecule has 1 N–H and O–H groups in total. The van der Waals surface area contributed by atoms with Gasteiger partial charge in [-0.05, 0) is 50.8 Å². The SMILES string of the molecule is CSCC[C@H](NC(=O)OC(C)(C)C)c1nnc(SCc2ccccc2Cl)o1. The molecule has 0 bridgehead atoms. The first kappa shape index (κ1) is 21.9. The van der Waals surface area contributed by atoms with Crippen LogP contribution in [0.5, 0.6) is 0 Å². The Bertz CT molecular complexity index is 749. The van der Waals surface area contributed by atoms with Gasteiger partial charge in [-0.3, -0.25) is 0 Å². The molecule has 148 valence electrons. The summed E-state index contributed by atoms with van der Waals surface area (Å²) >= 11 is 9.25. The number of ether oxygens (including phenoxy) is 1. The van der Waals surface area contributed by atoms with Crippen molar-refractivity contribution in [3.63, 3.8) is 0 Å². The van der Waals surface area contributed by atoms with Crippen LogP contribution < -0.4 is 5.32 Å². The smallest absolute Gasteiger partial charge is 0.408 e. The molecule has 1 amide bonds. The number of aromatic nitrogens is 2. The van der Waals surface area contributed by atoms with Gasteiger partial charge in [-0.15, -0.1) is 10.2 Å². The fraction of sp³-hybridized carbons (Fsp3) is 0.500. The lowest BCUT2D eigenvalue weighted by atomic mass is 10.2. The van der Waals surface area contributed by atoms with Gasteiger partial charge in [0, 0.05) is 10.8 Å². The third-order valence-corrected chi connectivity index (χ3v) is 5.21. The quantitative estimate of drug-likeness (QED) is 0.568. The van der Waals surface area contributed by atoms with Crippen LogP contribution in [0, 0.1) is 0 Å². The average molecular weight is 430 g/mol. The van der Waals surface area contributed by atoms with Crippen molar-refractivity contribution in [2.24, 2.45) is 0 Å². The van der Waals surface area contributed by atoms with Gasteiger partial charge in [0.05, 0.1) is 0 Å². The van der Waals surface area contributed by atoms with Crippen LogP contribution in [0.2, 0.25) is 5.02 Å². The van der Waals surface area contributed by atoms with E-state index in [1.54, 1.807) is 11.8 Å². The van der Waals surface area contributed by atoms with E-state index in [2.05, 4.69) is 15.5 Å². The standard InChI is InChI=1S/C18H24ClN3O3S2/c1-18(2,3)25-16(23)20-14(9-10-26-4)15-21-22-17(24-15)27-11-12-7-5-6-8-13(12)19/h5-8,14H,9-11H2,1-4H3,(H,20,23)/t14-/m0/s1. The minimum Gasteiger partial charge on any atom is -0.444 e. The molecule has 0 spiro atoms. The number of thioether (sulfide) groups is 2. The van der Waals surface area contributed by atoms with E-state index in [1.807, 2.05) is 51.3 Å². The molecule has 0 radical (unpaired) electrons. The molecule has 0 aliphatic rings. The molecule has 1 heterocycles. The van der Waals surface area contributed by atoms with Gasteiger partial charge >= 0.3 is 6.09 Å². The van der Waals surface area contributed by atoms with Gasteiger partial charge in [-0.25, -0.2) is 4.79 Å². The van der Waals surface area contributed by atoms with Gasteiger partial charge in [0.15, 0.2) is 0 Å². The van der Waals surface area contributed by atoms with E-state index >= 15 is 0 Å². The van der Waals surface area contributed by atoms with Gasteiger partial charge in [0.1, 0.15) is 11.6 Å². The maximum Gasteiger partial charge on any atom is 0.408 e. The monoisotopic (exact) mass is 429 g/mol. The largest absolute Gasteiger partial charge is 0.444 e. The van der Waals surface area contributed by atoms with Crippen LogP contribution >= 0.6 is 35.1 Å². The second kappa shape index (κ2) is 10.2. The minimum absolute atomic E-state index is 0.372. The lowest BCUT2D eigenvalue weighted by Crippen LogP contribution is -2.35. The third-order valence-electron chi connectivity index (χ3n) is 3.33. The zero-order valence-corrected chi connectivity index (χ0v) is 18.2. The lowest BCUT2D eigenvalue weighted by Gasteiger charge is -2.22. The molecule has 0 aliphatic carbocycles. The Kier molecular flexibility index (Phi) is 8.31. The number of rotatable bonds is 8. The Morgan fingerprint density at radius 1 is 1.33 bits per heavy atom. The lowest BCUT2D eigenvalue weighted by molar-refractivity contribution is 0.0493. The number of carbonyl (C=O) groups is 1. The van der Waals surface area contributed by atoms with Crippen LogP contribution in [0.15, 0.2) is 33.9 Å². The third kappa shape index (κ3) is 7.63. The van der Waals surface area contributed by atoms with E-state index in [1.165, 1.54) is 11.8 Å². The van der Waals surface area contributed by atoms with E-state index in [0.717, 1.165) is 11.3 Å². The fourth-order valence-corrected chi connectivity index (χ4v) is 3.64. The summed E-state index contributed by atoms with van der Waals surface area (Å²) in [5.74, 6) is 1.83. The molecular weight excluding hydrogens is 406 g/mol. The predicted octanol–water partition coefficient (Wildman–Crippen LogP) is 5.33. The Balaban J connectivity index is 2.01. The Hall–Kier alpha value is -1.38. The number of halogens is 1. The summed E-state index contributed by atoms with van der Waals surface area (Å²) in [6, 6.07) is 7.23. The zero-order chi connectivity index (χ0) is 19.9. The number of amides is 1. The molecule has 2 rings (SSSR count). The van der Waals surface area contributed by atoms with Crippen LogP contribution in [-0.4, -0.2) is 33.9 Å². The number of benzene rings is 1. The first-order valence-corrected chi connectivity index (χ1v) is 11.2. The summed E-state index contributed by atoms with van der Waals surface area (Å²) in [5, 5.41) is 12.1. The van der Waals surface area contributed by atoms with Crippen molar-refractivity contribution in [1.82, 2.24) is 15.5 Å². The van der Waals surface area contributed by atoms with Crippen molar-refractivity contribution in [3.8, 4) is 0 Å². The molecule has 0 saturated heterocycles. The Morgan fingerprint density at radius 2 is 2.07 bits per heavy atom. The summed E-state index contributed by atoms with van der Waals surface area (Å²) in [4.78, 5) is 12.1. The van der Waals surface area contributed by atoms with E-state index in [4.69, 9.17) is 20.8 Å². The van der Waals surface area contributed by atoms with E-state index in [0.29, 0.717) is 28.3 Å². The number of alkyl carbamates (subject to hydrolysis) is 1. The Labute approximate surface area is 173 Å². The number of carbonyl (C=O) groups excluding carboxylic acids is 1. The first-order chi connectivity index (χ1) is 12.8. The second-order valence-corrected chi connectivity index (χ2v) is 9.09. The molecule has 2 aromatic rings. The van der Waals surface area contributed by atoms with Gasteiger partial charge in [0.25, 0.3) is 5.22 Å². The first-order valence-electron chi connectivity index (χ1n) is 8.46. The van der Waals surface area contributed by atoms with E-state index < -0.39 is 17.7 Å². The summed E-state index contributed by atoms with van der Waals surface area (Å²) in [6.07, 6.45) is 2.16. The van der Waals surface area contributed by atoms with E-state index in [9.17, 15) is 4.79 Å². The molecule has 9 heteroatoms. The van der Waals surface area contributed by atoms with Gasteiger partial charge in [-0.1, -0.05) is 41.6 Å². The number of hydrogen-bond donors (Lipinski definition) is 1. The Morgan fingerprint density at radius 3 is 2.74 bits per heavy atom. The summed E-state index contributed by atoms with van der Waals surface area (Å²) in [5.41, 5.74) is 0.425. The molecule has 1 aromatic carbocycles. The van der Waals surface area contributed by atoms with Gasteiger partial charge in [0.2, 0.25) is 5.89 Å². The molecule has 0 saturated carbocycles. The van der Waals surface area contributed by atoms with Gasteiger partial charge < -0.3 is 14.5 Å². The van der Waals surface area contributed by atoms with Crippen LogP contribution in [0.25, 0.3) is 0 Å². The second-order valence-electron chi connectivity index (χ2n) is 6.77. The van der Waals surface area contributed by atoms with Crippen LogP contribution in [-0.2, 0) is 10.5 Å². The zero-order valence-electron chi connectivity index (χ0n) is 15.8. The van der Waals surface area contributed by atoms with E-state index in [-0.39, 0.29) is 0 Å². The van der Waals surface area contributed by atoms with Crippen molar-refractivity contribution < 1.29 is 13.9 Å². The molecule has 27 heavy (non-hydrogen) atoms. The maximum absolute atomic E-state index is 12.1. The molecule has 0 aliphatic heterocycles. The van der Waals surface area contributed by atoms with Crippen molar-refractivity contribution in [2.75, 3.05) is 12.0 Å². The van der Waals surface area contributed by atoms with Gasteiger partial charge in [-0.2, -0.15) is 11.8 Å².